The predicted molar refractivity (Wildman–Crippen MR) is 114 cm³/mol. The molecular weight excluding hydrogens is 378 g/mol. The fourth-order valence-electron chi connectivity index (χ4n) is 8.53. The number of phenols is 1. The standard InChI is InChI=1S/C25H35NO4/c1-21(2,3)22(4,28)16-13-23-8-9-25(16,29-5)20-24(23)10-11-26-17(23)12-14-6-7-15(27)19(30-20)18(14)24/h6-7,16-17,20,26-28H,8-13H2,1-5H3/t16-,17?,20-,22+,23-,24?,25-/m1/s1. The van der Waals surface area contributed by atoms with Crippen LogP contribution in [0.5, 0.6) is 11.5 Å². The molecule has 3 N–H and O–H groups in total. The summed E-state index contributed by atoms with van der Waals surface area (Å²) in [6.07, 6.45) is 4.66. The Balaban J connectivity index is 1.65. The highest BCUT2D eigenvalue weighted by atomic mass is 16.6. The molecule has 4 fully saturated rings. The topological polar surface area (TPSA) is 71.0 Å². The number of rotatable bonds is 2. The van der Waals surface area contributed by atoms with E-state index < -0.39 is 11.2 Å². The first-order valence-electron chi connectivity index (χ1n) is 11.6. The van der Waals surface area contributed by atoms with Crippen molar-refractivity contribution in [2.45, 2.75) is 88.6 Å². The molecular formula is C25H35NO4. The van der Waals surface area contributed by atoms with Crippen molar-refractivity contribution in [3.05, 3.63) is 23.3 Å². The van der Waals surface area contributed by atoms with Gasteiger partial charge in [0.25, 0.3) is 0 Å². The number of nitrogens with one attached hydrogen (secondary N) is 1. The van der Waals surface area contributed by atoms with Crippen LogP contribution in [0.3, 0.4) is 0 Å². The summed E-state index contributed by atoms with van der Waals surface area (Å²) in [5.74, 6) is 0.887. The summed E-state index contributed by atoms with van der Waals surface area (Å²) in [4.78, 5) is 0. The number of aliphatic hydroxyl groups is 1. The summed E-state index contributed by atoms with van der Waals surface area (Å²) < 4.78 is 13.2. The van der Waals surface area contributed by atoms with Gasteiger partial charge in [0, 0.05) is 35.5 Å². The van der Waals surface area contributed by atoms with Crippen LogP contribution < -0.4 is 10.1 Å². The molecule has 5 heteroatoms. The highest BCUT2D eigenvalue weighted by Crippen LogP contribution is 2.77. The van der Waals surface area contributed by atoms with Gasteiger partial charge < -0.3 is 25.0 Å². The molecule has 0 aromatic heterocycles. The minimum atomic E-state index is -0.910. The lowest BCUT2D eigenvalue weighted by Gasteiger charge is -2.74. The molecule has 30 heavy (non-hydrogen) atoms. The van der Waals surface area contributed by atoms with Gasteiger partial charge in [-0.15, -0.1) is 0 Å². The van der Waals surface area contributed by atoms with Gasteiger partial charge in [-0.05, 0) is 62.6 Å². The van der Waals surface area contributed by atoms with Gasteiger partial charge in [0.15, 0.2) is 11.5 Å². The molecule has 2 unspecified atom stereocenters. The third-order valence-corrected chi connectivity index (χ3v) is 10.4. The van der Waals surface area contributed by atoms with Crippen molar-refractivity contribution in [1.29, 1.82) is 0 Å². The lowest BCUT2D eigenvalue weighted by atomic mass is 9.33. The van der Waals surface area contributed by atoms with E-state index in [2.05, 4.69) is 32.2 Å². The fourth-order valence-corrected chi connectivity index (χ4v) is 8.53. The summed E-state index contributed by atoms with van der Waals surface area (Å²) >= 11 is 0. The highest BCUT2D eigenvalue weighted by Gasteiger charge is 2.81. The van der Waals surface area contributed by atoms with E-state index in [1.165, 1.54) is 11.1 Å². The number of hydrogen-bond acceptors (Lipinski definition) is 5. The molecule has 5 nitrogen and oxygen atoms in total. The number of benzene rings is 1. The highest BCUT2D eigenvalue weighted by molar-refractivity contribution is 5.63. The Labute approximate surface area is 179 Å². The maximum atomic E-state index is 12.0. The molecule has 4 bridgehead atoms. The zero-order valence-electron chi connectivity index (χ0n) is 18.8. The number of aromatic hydroxyl groups is 1. The van der Waals surface area contributed by atoms with Crippen molar-refractivity contribution < 1.29 is 19.7 Å². The second-order valence-electron chi connectivity index (χ2n) is 11.8. The molecule has 7 atom stereocenters. The minimum absolute atomic E-state index is 0.0160. The van der Waals surface area contributed by atoms with Crippen molar-refractivity contribution in [1.82, 2.24) is 5.32 Å². The van der Waals surface area contributed by atoms with Crippen LogP contribution >= 0.6 is 0 Å². The molecule has 7 rings (SSSR count). The Kier molecular flexibility index (Phi) is 3.46. The molecule has 0 radical (unpaired) electrons. The zero-order chi connectivity index (χ0) is 21.3. The van der Waals surface area contributed by atoms with E-state index in [0.717, 1.165) is 38.6 Å². The second kappa shape index (κ2) is 5.36. The van der Waals surface area contributed by atoms with Gasteiger partial charge in [0.2, 0.25) is 0 Å². The third kappa shape index (κ3) is 1.77. The summed E-state index contributed by atoms with van der Waals surface area (Å²) in [5.41, 5.74) is 0.658. The Morgan fingerprint density at radius 2 is 1.93 bits per heavy atom. The normalized spacial score (nSPS) is 44.9. The van der Waals surface area contributed by atoms with Crippen LogP contribution in [-0.4, -0.2) is 47.2 Å². The molecule has 1 aromatic rings. The molecule has 3 saturated carbocycles. The van der Waals surface area contributed by atoms with Crippen LogP contribution in [0.2, 0.25) is 0 Å². The number of methoxy groups -OCH3 is 1. The smallest absolute Gasteiger partial charge is 0.165 e. The van der Waals surface area contributed by atoms with Crippen LogP contribution in [0.25, 0.3) is 0 Å². The second-order valence-corrected chi connectivity index (χ2v) is 11.8. The van der Waals surface area contributed by atoms with Gasteiger partial charge in [-0.25, -0.2) is 0 Å². The van der Waals surface area contributed by atoms with Crippen molar-refractivity contribution in [2.24, 2.45) is 16.7 Å². The molecule has 2 heterocycles. The summed E-state index contributed by atoms with van der Waals surface area (Å²) in [6, 6.07) is 4.26. The number of phenolic OH excluding ortho intramolecular Hbond substituents is 1. The summed E-state index contributed by atoms with van der Waals surface area (Å²) in [6.45, 7) is 9.33. The largest absolute Gasteiger partial charge is 0.504 e. The molecule has 4 aliphatic carbocycles. The van der Waals surface area contributed by atoms with E-state index in [4.69, 9.17) is 9.47 Å². The Hall–Kier alpha value is -1.30. The van der Waals surface area contributed by atoms with Gasteiger partial charge in [-0.1, -0.05) is 26.8 Å². The van der Waals surface area contributed by atoms with Crippen LogP contribution in [0, 0.1) is 16.7 Å². The van der Waals surface area contributed by atoms with Gasteiger partial charge >= 0.3 is 0 Å². The lowest BCUT2D eigenvalue weighted by Crippen LogP contribution is -2.83. The van der Waals surface area contributed by atoms with Crippen LogP contribution in [0.4, 0.5) is 0 Å². The molecule has 1 aromatic carbocycles. The van der Waals surface area contributed by atoms with Gasteiger partial charge in [-0.2, -0.15) is 0 Å². The summed E-state index contributed by atoms with van der Waals surface area (Å²) in [5, 5.41) is 26.6. The van der Waals surface area contributed by atoms with Crippen LogP contribution in [-0.2, 0) is 16.6 Å². The minimum Gasteiger partial charge on any atom is -0.504 e. The first-order chi connectivity index (χ1) is 14.1. The average molecular weight is 414 g/mol. The van der Waals surface area contributed by atoms with E-state index in [1.54, 1.807) is 13.2 Å². The van der Waals surface area contributed by atoms with Crippen LogP contribution in [0.1, 0.15) is 64.5 Å². The number of piperidine rings is 1. The monoisotopic (exact) mass is 413 g/mol. The molecule has 2 spiro atoms. The third-order valence-electron chi connectivity index (χ3n) is 10.4. The fraction of sp³-hybridized carbons (Fsp3) is 0.760. The van der Waals surface area contributed by atoms with E-state index >= 15 is 0 Å². The van der Waals surface area contributed by atoms with Crippen molar-refractivity contribution in [2.75, 3.05) is 13.7 Å². The summed E-state index contributed by atoms with van der Waals surface area (Å²) in [7, 11) is 1.80. The quantitative estimate of drug-likeness (QED) is 0.694. The average Bonchev–Trinajstić information content (AvgIpc) is 3.05. The maximum Gasteiger partial charge on any atom is 0.165 e. The van der Waals surface area contributed by atoms with E-state index in [1.807, 2.05) is 6.92 Å². The number of fused-ring (bicyclic) bond motifs is 2. The van der Waals surface area contributed by atoms with Gasteiger partial charge in [-0.3, -0.25) is 0 Å². The van der Waals surface area contributed by atoms with E-state index in [0.29, 0.717) is 11.8 Å². The molecule has 0 amide bonds. The SMILES string of the molecule is CO[C@]12CC[C@@]3(C[C@@H]1[C@](C)(O)C(C)(C)C)C1Cc4ccc(O)c5c4C3(CCN1)[C@H]2O5. The molecule has 1 saturated heterocycles. The van der Waals surface area contributed by atoms with Crippen molar-refractivity contribution in [3.63, 3.8) is 0 Å². The molecule has 6 aliphatic rings. The Morgan fingerprint density at radius 3 is 2.63 bits per heavy atom. The first-order valence-corrected chi connectivity index (χ1v) is 11.6. The van der Waals surface area contributed by atoms with E-state index in [9.17, 15) is 10.2 Å². The predicted octanol–water partition coefficient (Wildman–Crippen LogP) is 3.29. The Bertz CT molecular complexity index is 936. The molecule has 2 aliphatic heterocycles. The van der Waals surface area contributed by atoms with Crippen molar-refractivity contribution >= 4 is 0 Å². The Morgan fingerprint density at radius 1 is 1.17 bits per heavy atom. The van der Waals surface area contributed by atoms with Crippen LogP contribution in [0.15, 0.2) is 12.1 Å². The number of ether oxygens (including phenoxy) is 2. The van der Waals surface area contributed by atoms with E-state index in [-0.39, 0.29) is 34.0 Å². The first kappa shape index (κ1) is 19.4. The maximum absolute atomic E-state index is 12.0. The van der Waals surface area contributed by atoms with Gasteiger partial charge in [0.1, 0.15) is 11.7 Å². The zero-order valence-corrected chi connectivity index (χ0v) is 18.8. The molecule has 164 valence electrons. The number of hydrogen-bond donors (Lipinski definition) is 3. The lowest BCUT2D eigenvalue weighted by molar-refractivity contribution is -0.303. The van der Waals surface area contributed by atoms with Crippen molar-refractivity contribution in [3.8, 4) is 11.5 Å². The van der Waals surface area contributed by atoms with Gasteiger partial charge in [0.05, 0.1) is 5.60 Å².